The van der Waals surface area contributed by atoms with Crippen LogP contribution < -0.4 is 10.6 Å². The lowest BCUT2D eigenvalue weighted by molar-refractivity contribution is -0.136. The van der Waals surface area contributed by atoms with Crippen LogP contribution in [0.2, 0.25) is 0 Å². The van der Waals surface area contributed by atoms with Crippen LogP contribution in [-0.4, -0.2) is 53.8 Å². The van der Waals surface area contributed by atoms with Gasteiger partial charge in [-0.25, -0.2) is 0 Å². The van der Waals surface area contributed by atoms with Crippen LogP contribution in [0.25, 0.3) is 0 Å². The van der Waals surface area contributed by atoms with Crippen LogP contribution in [-0.2, 0) is 20.9 Å². The molecule has 154 valence electrons. The predicted molar refractivity (Wildman–Crippen MR) is 103 cm³/mol. The monoisotopic (exact) mass is 399 g/mol. The first-order chi connectivity index (χ1) is 13.9. The first-order valence-electron chi connectivity index (χ1n) is 10.1. The Bertz CT molecular complexity index is 862. The zero-order valence-electron chi connectivity index (χ0n) is 16.4. The minimum atomic E-state index is -0.654. The highest BCUT2D eigenvalue weighted by Crippen LogP contribution is 2.28. The smallest absolute Gasteiger partial charge is 0.255 e. The molecule has 29 heavy (non-hydrogen) atoms. The number of benzene rings is 1. The molecule has 0 radical (unpaired) electrons. The summed E-state index contributed by atoms with van der Waals surface area (Å²) in [4.78, 5) is 50.4. The van der Waals surface area contributed by atoms with Gasteiger partial charge in [0.2, 0.25) is 11.8 Å². The SMILES string of the molecule is C[C@H](NC(=O)c1ccc2c(c1)CN(C1CCC(=O)NC1=O)C2=O)C1CCOCC1. The van der Waals surface area contributed by atoms with Crippen molar-refractivity contribution in [2.75, 3.05) is 13.2 Å². The summed E-state index contributed by atoms with van der Waals surface area (Å²) in [7, 11) is 0. The van der Waals surface area contributed by atoms with E-state index in [1.54, 1.807) is 18.2 Å². The average molecular weight is 399 g/mol. The molecular formula is C21H25N3O5. The molecule has 4 amide bonds. The van der Waals surface area contributed by atoms with Gasteiger partial charge in [0, 0.05) is 43.3 Å². The summed E-state index contributed by atoms with van der Waals surface area (Å²) < 4.78 is 5.38. The maximum Gasteiger partial charge on any atom is 0.255 e. The van der Waals surface area contributed by atoms with Crippen LogP contribution in [0.3, 0.4) is 0 Å². The van der Waals surface area contributed by atoms with Crippen molar-refractivity contribution < 1.29 is 23.9 Å². The Morgan fingerprint density at radius 1 is 1.21 bits per heavy atom. The van der Waals surface area contributed by atoms with E-state index in [-0.39, 0.29) is 36.7 Å². The fourth-order valence-corrected chi connectivity index (χ4v) is 4.34. The first kappa shape index (κ1) is 19.6. The summed E-state index contributed by atoms with van der Waals surface area (Å²) in [6, 6.07) is 4.42. The Morgan fingerprint density at radius 2 is 1.97 bits per heavy atom. The van der Waals surface area contributed by atoms with E-state index >= 15 is 0 Å². The lowest BCUT2D eigenvalue weighted by Crippen LogP contribution is -2.52. The lowest BCUT2D eigenvalue weighted by Gasteiger charge is -2.29. The Kier molecular flexibility index (Phi) is 5.36. The number of amides is 4. The minimum Gasteiger partial charge on any atom is -0.381 e. The molecule has 0 bridgehead atoms. The average Bonchev–Trinajstić information content (AvgIpc) is 3.04. The van der Waals surface area contributed by atoms with Gasteiger partial charge in [0.05, 0.1) is 0 Å². The molecule has 1 unspecified atom stereocenters. The third kappa shape index (κ3) is 3.89. The standard InChI is InChI=1S/C21H25N3O5/c1-12(13-6-8-29-9-7-13)22-19(26)14-2-3-16-15(10-14)11-24(21(16)28)17-4-5-18(25)23-20(17)27/h2-3,10,12-13,17H,4-9,11H2,1H3,(H,22,26)(H,23,25,27)/t12-,17?/m0/s1. The van der Waals surface area contributed by atoms with E-state index in [0.29, 0.717) is 23.5 Å². The molecule has 2 fully saturated rings. The number of rotatable bonds is 4. The van der Waals surface area contributed by atoms with Crippen LogP contribution in [0, 0.1) is 5.92 Å². The van der Waals surface area contributed by atoms with Crippen molar-refractivity contribution >= 4 is 23.6 Å². The molecule has 2 atom stereocenters. The van der Waals surface area contributed by atoms with E-state index in [2.05, 4.69) is 10.6 Å². The van der Waals surface area contributed by atoms with Crippen LogP contribution in [0.1, 0.15) is 58.9 Å². The van der Waals surface area contributed by atoms with Gasteiger partial charge in [-0.1, -0.05) is 0 Å². The van der Waals surface area contributed by atoms with Crippen LogP contribution in [0.15, 0.2) is 18.2 Å². The number of carbonyl (C=O) groups is 4. The molecule has 4 rings (SSSR count). The molecule has 8 heteroatoms. The second-order valence-electron chi connectivity index (χ2n) is 7.98. The highest BCUT2D eigenvalue weighted by atomic mass is 16.5. The molecule has 8 nitrogen and oxygen atoms in total. The zero-order chi connectivity index (χ0) is 20.5. The molecular weight excluding hydrogens is 374 g/mol. The van der Waals surface area contributed by atoms with Gasteiger partial charge in [-0.15, -0.1) is 0 Å². The maximum absolute atomic E-state index is 12.7. The number of ether oxygens (including phenoxy) is 1. The third-order valence-electron chi connectivity index (χ3n) is 6.12. The molecule has 3 aliphatic heterocycles. The lowest BCUT2D eigenvalue weighted by atomic mass is 9.92. The summed E-state index contributed by atoms with van der Waals surface area (Å²) >= 11 is 0. The van der Waals surface area contributed by atoms with Crippen molar-refractivity contribution in [1.29, 1.82) is 0 Å². The maximum atomic E-state index is 12.7. The largest absolute Gasteiger partial charge is 0.381 e. The Balaban J connectivity index is 1.45. The molecule has 1 aromatic carbocycles. The first-order valence-corrected chi connectivity index (χ1v) is 10.1. The normalized spacial score (nSPS) is 23.6. The molecule has 3 aliphatic rings. The third-order valence-corrected chi connectivity index (χ3v) is 6.12. The zero-order valence-corrected chi connectivity index (χ0v) is 16.4. The summed E-state index contributed by atoms with van der Waals surface area (Å²) in [5.41, 5.74) is 1.73. The van der Waals surface area contributed by atoms with E-state index in [1.165, 1.54) is 4.90 Å². The molecule has 0 saturated carbocycles. The second-order valence-corrected chi connectivity index (χ2v) is 7.98. The van der Waals surface area contributed by atoms with Crippen molar-refractivity contribution in [3.63, 3.8) is 0 Å². The number of nitrogens with one attached hydrogen (secondary N) is 2. The second kappa shape index (κ2) is 7.94. The van der Waals surface area contributed by atoms with Crippen molar-refractivity contribution in [2.45, 2.75) is 51.2 Å². The molecule has 1 aromatic rings. The summed E-state index contributed by atoms with van der Waals surface area (Å²) in [6.07, 6.45) is 2.40. The topological polar surface area (TPSA) is 105 Å². The fourth-order valence-electron chi connectivity index (χ4n) is 4.34. The van der Waals surface area contributed by atoms with E-state index in [0.717, 1.165) is 31.6 Å². The van der Waals surface area contributed by atoms with Gasteiger partial charge < -0.3 is 15.0 Å². The van der Waals surface area contributed by atoms with E-state index in [4.69, 9.17) is 4.74 Å². The van der Waals surface area contributed by atoms with Crippen molar-refractivity contribution in [3.05, 3.63) is 34.9 Å². The van der Waals surface area contributed by atoms with Crippen molar-refractivity contribution in [3.8, 4) is 0 Å². The van der Waals surface area contributed by atoms with Gasteiger partial charge in [0.25, 0.3) is 11.8 Å². The van der Waals surface area contributed by atoms with E-state index in [1.807, 2.05) is 6.92 Å². The predicted octanol–water partition coefficient (Wildman–Crippen LogP) is 0.992. The van der Waals surface area contributed by atoms with Gasteiger partial charge in [-0.05, 0) is 55.9 Å². The van der Waals surface area contributed by atoms with Crippen LogP contribution >= 0.6 is 0 Å². The van der Waals surface area contributed by atoms with Gasteiger partial charge >= 0.3 is 0 Å². The number of nitrogens with zero attached hydrogens (tertiary/aromatic N) is 1. The molecule has 2 saturated heterocycles. The Labute approximate surface area is 169 Å². The minimum absolute atomic E-state index is 0.0428. The summed E-state index contributed by atoms with van der Waals surface area (Å²) in [5.74, 6) is -0.763. The molecule has 2 N–H and O–H groups in total. The number of imide groups is 1. The molecule has 3 heterocycles. The number of piperidine rings is 1. The molecule has 0 aliphatic carbocycles. The summed E-state index contributed by atoms with van der Waals surface area (Å²) in [5, 5.41) is 5.35. The van der Waals surface area contributed by atoms with E-state index < -0.39 is 11.9 Å². The number of hydrogen-bond donors (Lipinski definition) is 2. The quantitative estimate of drug-likeness (QED) is 0.735. The van der Waals surface area contributed by atoms with Crippen LogP contribution in [0.4, 0.5) is 0 Å². The molecule has 0 spiro atoms. The number of carbonyl (C=O) groups excluding carboxylic acids is 4. The van der Waals surface area contributed by atoms with Crippen molar-refractivity contribution in [2.24, 2.45) is 5.92 Å². The van der Waals surface area contributed by atoms with Gasteiger partial charge in [0.1, 0.15) is 6.04 Å². The van der Waals surface area contributed by atoms with Crippen molar-refractivity contribution in [1.82, 2.24) is 15.5 Å². The highest BCUT2D eigenvalue weighted by Gasteiger charge is 2.39. The molecule has 0 aromatic heterocycles. The highest BCUT2D eigenvalue weighted by molar-refractivity contribution is 6.06. The fraction of sp³-hybridized carbons (Fsp3) is 0.524. The summed E-state index contributed by atoms with van der Waals surface area (Å²) in [6.45, 7) is 3.72. The Morgan fingerprint density at radius 3 is 2.69 bits per heavy atom. The van der Waals surface area contributed by atoms with E-state index in [9.17, 15) is 19.2 Å². The van der Waals surface area contributed by atoms with Gasteiger partial charge in [-0.3, -0.25) is 24.5 Å². The van der Waals surface area contributed by atoms with Gasteiger partial charge in [-0.2, -0.15) is 0 Å². The van der Waals surface area contributed by atoms with Gasteiger partial charge in [0.15, 0.2) is 0 Å². The van der Waals surface area contributed by atoms with Crippen LogP contribution in [0.5, 0.6) is 0 Å². The number of hydrogen-bond acceptors (Lipinski definition) is 5. The number of fused-ring (bicyclic) bond motifs is 1. The Hall–Kier alpha value is -2.74.